The minimum absolute atomic E-state index is 0.0936. The van der Waals surface area contributed by atoms with Crippen LogP contribution in [0.4, 0.5) is 11.6 Å². The van der Waals surface area contributed by atoms with Gasteiger partial charge < -0.3 is 15.0 Å². The molecule has 27 heavy (non-hydrogen) atoms. The fourth-order valence-electron chi connectivity index (χ4n) is 2.82. The number of benzene rings is 1. The van der Waals surface area contributed by atoms with Gasteiger partial charge in [-0.05, 0) is 38.5 Å². The van der Waals surface area contributed by atoms with Crippen LogP contribution in [-0.4, -0.2) is 52.2 Å². The second-order valence-electron chi connectivity index (χ2n) is 6.33. The van der Waals surface area contributed by atoms with Crippen molar-refractivity contribution < 1.29 is 9.53 Å². The number of ether oxygens (including phenoxy) is 1. The van der Waals surface area contributed by atoms with E-state index < -0.39 is 0 Å². The van der Waals surface area contributed by atoms with Gasteiger partial charge in [0.2, 0.25) is 11.9 Å². The maximum Gasteiger partial charge on any atom is 0.237 e. The fourth-order valence-corrected chi connectivity index (χ4v) is 3.90. The fraction of sp³-hybridized carbons (Fsp3) is 0.500. The summed E-state index contributed by atoms with van der Waals surface area (Å²) in [5.74, 6) is 0.741. The molecular weight excluding hydrogens is 386 g/mol. The molecule has 1 aromatic heterocycles. The highest BCUT2D eigenvalue weighted by Gasteiger charge is 2.23. The van der Waals surface area contributed by atoms with Crippen LogP contribution in [0.2, 0.25) is 5.02 Å². The number of nitrogens with zero attached hydrogens (tertiary/aromatic N) is 4. The Hall–Kier alpha value is -1.77. The first-order valence-electron chi connectivity index (χ1n) is 8.99. The summed E-state index contributed by atoms with van der Waals surface area (Å²) in [5, 5.41) is 12.6. The van der Waals surface area contributed by atoms with Gasteiger partial charge in [0.05, 0.1) is 18.5 Å². The van der Waals surface area contributed by atoms with Gasteiger partial charge in [0.25, 0.3) is 0 Å². The van der Waals surface area contributed by atoms with Gasteiger partial charge in [0, 0.05) is 30.3 Å². The van der Waals surface area contributed by atoms with Crippen molar-refractivity contribution in [1.29, 1.82) is 0 Å². The molecule has 1 aromatic carbocycles. The predicted molar refractivity (Wildman–Crippen MR) is 109 cm³/mol. The first kappa shape index (κ1) is 20.0. The van der Waals surface area contributed by atoms with E-state index in [1.165, 1.54) is 11.8 Å². The van der Waals surface area contributed by atoms with Crippen LogP contribution in [0.15, 0.2) is 23.4 Å². The molecule has 7 nitrogen and oxygen atoms in total. The summed E-state index contributed by atoms with van der Waals surface area (Å²) in [4.78, 5) is 14.8. The molecule has 1 aliphatic rings. The van der Waals surface area contributed by atoms with Crippen molar-refractivity contribution in [3.8, 4) is 0 Å². The van der Waals surface area contributed by atoms with E-state index in [1.807, 2.05) is 30.5 Å². The predicted octanol–water partition coefficient (Wildman–Crippen LogP) is 3.22. The zero-order valence-corrected chi connectivity index (χ0v) is 17.3. The molecule has 9 heteroatoms. The van der Waals surface area contributed by atoms with E-state index >= 15 is 0 Å². The Labute approximate surface area is 168 Å². The van der Waals surface area contributed by atoms with Crippen LogP contribution >= 0.6 is 23.4 Å². The number of hydrogen-bond donors (Lipinski definition) is 1. The lowest BCUT2D eigenvalue weighted by atomic mass is 10.2. The average Bonchev–Trinajstić information content (AvgIpc) is 3.07. The molecule has 1 atom stereocenters. The molecule has 3 rings (SSSR count). The van der Waals surface area contributed by atoms with Crippen molar-refractivity contribution in [2.24, 2.45) is 0 Å². The number of carbonyl (C=O) groups is 1. The quantitative estimate of drug-likeness (QED) is 0.738. The van der Waals surface area contributed by atoms with Crippen molar-refractivity contribution in [3.63, 3.8) is 0 Å². The van der Waals surface area contributed by atoms with E-state index in [-0.39, 0.29) is 11.2 Å². The average molecular weight is 410 g/mol. The number of aryl methyl sites for hydroxylation is 1. The first-order valence-corrected chi connectivity index (χ1v) is 10.2. The number of amides is 1. The molecule has 0 saturated carbocycles. The van der Waals surface area contributed by atoms with E-state index in [1.54, 1.807) is 6.07 Å². The third-order valence-corrected chi connectivity index (χ3v) is 5.73. The molecule has 0 radical (unpaired) electrons. The second-order valence-corrected chi connectivity index (χ2v) is 8.08. The van der Waals surface area contributed by atoms with Crippen LogP contribution in [0.25, 0.3) is 0 Å². The lowest BCUT2D eigenvalue weighted by molar-refractivity contribution is -0.115. The summed E-state index contributed by atoms with van der Waals surface area (Å²) < 4.78 is 7.45. The first-order chi connectivity index (χ1) is 13.0. The standard InChI is InChI=1S/C18H24ClN5O2S/c1-4-24-17(23-7-9-26-10-8-23)21-22-18(24)27-13(3)16(25)20-15-11-14(19)6-5-12(15)2/h5-6,11,13H,4,7-10H2,1-3H3,(H,20,25)/t13-/m0/s1. The summed E-state index contributed by atoms with van der Waals surface area (Å²) in [6.07, 6.45) is 0. The molecule has 1 saturated heterocycles. The Bertz CT molecular complexity index is 807. The Balaban J connectivity index is 1.69. The Morgan fingerprint density at radius 3 is 2.81 bits per heavy atom. The maximum atomic E-state index is 12.6. The van der Waals surface area contributed by atoms with Crippen LogP contribution < -0.4 is 10.2 Å². The number of carbonyl (C=O) groups excluding carboxylic acids is 1. The second kappa shape index (κ2) is 8.95. The molecule has 1 aliphatic heterocycles. The highest BCUT2D eigenvalue weighted by Crippen LogP contribution is 2.27. The van der Waals surface area contributed by atoms with E-state index in [0.717, 1.165) is 42.0 Å². The summed E-state index contributed by atoms with van der Waals surface area (Å²) in [6, 6.07) is 5.46. The van der Waals surface area contributed by atoms with Gasteiger partial charge >= 0.3 is 0 Å². The van der Waals surface area contributed by atoms with Crippen molar-refractivity contribution in [2.45, 2.75) is 37.7 Å². The number of nitrogens with one attached hydrogen (secondary N) is 1. The molecule has 0 bridgehead atoms. The smallest absolute Gasteiger partial charge is 0.237 e. The van der Waals surface area contributed by atoms with Crippen molar-refractivity contribution in [3.05, 3.63) is 28.8 Å². The van der Waals surface area contributed by atoms with Crippen molar-refractivity contribution in [1.82, 2.24) is 14.8 Å². The summed E-state index contributed by atoms with van der Waals surface area (Å²) in [7, 11) is 0. The maximum absolute atomic E-state index is 12.6. The van der Waals surface area contributed by atoms with Gasteiger partial charge in [-0.1, -0.05) is 29.4 Å². The minimum Gasteiger partial charge on any atom is -0.378 e. The third kappa shape index (κ3) is 4.75. The molecule has 0 unspecified atom stereocenters. The SMILES string of the molecule is CCn1c(S[C@@H](C)C(=O)Nc2cc(Cl)ccc2C)nnc1N1CCOCC1. The van der Waals surface area contributed by atoms with Crippen LogP contribution in [0, 0.1) is 6.92 Å². The highest BCUT2D eigenvalue weighted by molar-refractivity contribution is 8.00. The normalized spacial score (nSPS) is 15.6. The number of anilines is 2. The number of rotatable bonds is 6. The van der Waals surface area contributed by atoms with Gasteiger partial charge in [0.1, 0.15) is 0 Å². The van der Waals surface area contributed by atoms with Gasteiger partial charge in [-0.15, -0.1) is 10.2 Å². The Morgan fingerprint density at radius 2 is 2.11 bits per heavy atom. The number of morpholine rings is 1. The van der Waals surface area contributed by atoms with Crippen LogP contribution in [0.5, 0.6) is 0 Å². The zero-order valence-electron chi connectivity index (χ0n) is 15.7. The lowest BCUT2D eigenvalue weighted by Gasteiger charge is -2.27. The molecule has 1 N–H and O–H groups in total. The van der Waals surface area contributed by atoms with Gasteiger partial charge in [-0.25, -0.2) is 0 Å². The minimum atomic E-state index is -0.324. The molecule has 2 aromatic rings. The van der Waals surface area contributed by atoms with Crippen LogP contribution in [0.1, 0.15) is 19.4 Å². The van der Waals surface area contributed by atoms with Crippen LogP contribution in [-0.2, 0) is 16.1 Å². The molecule has 2 heterocycles. The molecule has 146 valence electrons. The summed E-state index contributed by atoms with van der Waals surface area (Å²) >= 11 is 7.44. The summed E-state index contributed by atoms with van der Waals surface area (Å²) in [6.45, 7) is 9.57. The topological polar surface area (TPSA) is 72.3 Å². The third-order valence-electron chi connectivity index (χ3n) is 4.42. The van der Waals surface area contributed by atoms with Crippen molar-refractivity contribution >= 4 is 40.9 Å². The number of thioether (sulfide) groups is 1. The molecule has 1 amide bonds. The van der Waals surface area contributed by atoms with Gasteiger partial charge in [-0.3, -0.25) is 9.36 Å². The van der Waals surface area contributed by atoms with Crippen LogP contribution in [0.3, 0.4) is 0 Å². The van der Waals surface area contributed by atoms with E-state index in [2.05, 4.69) is 27.3 Å². The highest BCUT2D eigenvalue weighted by atomic mass is 35.5. The van der Waals surface area contributed by atoms with E-state index in [0.29, 0.717) is 18.2 Å². The van der Waals surface area contributed by atoms with E-state index in [9.17, 15) is 4.79 Å². The summed E-state index contributed by atoms with van der Waals surface area (Å²) in [5.41, 5.74) is 1.70. The molecule has 0 aliphatic carbocycles. The number of hydrogen-bond acceptors (Lipinski definition) is 6. The molecule has 0 spiro atoms. The largest absolute Gasteiger partial charge is 0.378 e. The Morgan fingerprint density at radius 1 is 1.37 bits per heavy atom. The Kier molecular flexibility index (Phi) is 6.62. The lowest BCUT2D eigenvalue weighted by Crippen LogP contribution is -2.38. The van der Waals surface area contributed by atoms with Gasteiger partial charge in [-0.2, -0.15) is 0 Å². The monoisotopic (exact) mass is 409 g/mol. The number of aromatic nitrogens is 3. The zero-order chi connectivity index (χ0) is 19.4. The van der Waals surface area contributed by atoms with Gasteiger partial charge in [0.15, 0.2) is 5.16 Å². The van der Waals surface area contributed by atoms with E-state index in [4.69, 9.17) is 16.3 Å². The molecular formula is C18H24ClN5O2S. The molecule has 1 fully saturated rings. The van der Waals surface area contributed by atoms with Crippen molar-refractivity contribution in [2.75, 3.05) is 36.5 Å². The number of halogens is 1.